The lowest BCUT2D eigenvalue weighted by Crippen LogP contribution is -2.31. The van der Waals surface area contributed by atoms with Crippen LogP contribution in [0.4, 0.5) is 4.39 Å². The Morgan fingerprint density at radius 2 is 2.19 bits per heavy atom. The molecule has 0 bridgehead atoms. The highest BCUT2D eigenvalue weighted by Gasteiger charge is 2.23. The van der Waals surface area contributed by atoms with Gasteiger partial charge < -0.3 is 5.32 Å². The van der Waals surface area contributed by atoms with Gasteiger partial charge in [-0.25, -0.2) is 18.5 Å². The average Bonchev–Trinajstić information content (AvgIpc) is 3.28. The standard InChI is InChI=1S/C19H23FN6O/c1-2-24-18(15-6-5-9-21-11-15)23-26(19(24)27)13-14-10-22-25(12-14)17-8-4-3-7-16(17)20/h3-4,7-8,10,12,15,21H,2,5-6,9,11,13H2,1H3/t15-/m0/s1. The molecule has 2 aromatic heterocycles. The maximum absolute atomic E-state index is 13.9. The zero-order valence-electron chi connectivity index (χ0n) is 15.3. The summed E-state index contributed by atoms with van der Waals surface area (Å²) < 4.78 is 18.7. The van der Waals surface area contributed by atoms with E-state index in [1.165, 1.54) is 15.4 Å². The topological polar surface area (TPSA) is 69.7 Å². The lowest BCUT2D eigenvalue weighted by Gasteiger charge is -2.21. The zero-order valence-corrected chi connectivity index (χ0v) is 15.3. The van der Waals surface area contributed by atoms with Crippen LogP contribution >= 0.6 is 0 Å². The number of piperidine rings is 1. The van der Waals surface area contributed by atoms with Crippen molar-refractivity contribution in [1.82, 2.24) is 29.4 Å². The molecule has 1 aromatic carbocycles. The maximum atomic E-state index is 13.9. The van der Waals surface area contributed by atoms with E-state index in [9.17, 15) is 9.18 Å². The molecule has 7 nitrogen and oxygen atoms in total. The molecule has 1 aliphatic heterocycles. The molecule has 0 unspecified atom stereocenters. The third-order valence-electron chi connectivity index (χ3n) is 5.00. The highest BCUT2D eigenvalue weighted by molar-refractivity contribution is 5.32. The molecule has 1 N–H and O–H groups in total. The Bertz CT molecular complexity index is 982. The molecular weight excluding hydrogens is 347 g/mol. The predicted molar refractivity (Wildman–Crippen MR) is 99.6 cm³/mol. The van der Waals surface area contributed by atoms with E-state index >= 15 is 0 Å². The first-order valence-electron chi connectivity index (χ1n) is 9.34. The lowest BCUT2D eigenvalue weighted by atomic mass is 9.99. The van der Waals surface area contributed by atoms with Gasteiger partial charge in [0.15, 0.2) is 0 Å². The molecule has 1 aliphatic rings. The van der Waals surface area contributed by atoms with E-state index in [1.807, 2.05) is 6.92 Å². The van der Waals surface area contributed by atoms with Gasteiger partial charge in [0.2, 0.25) is 0 Å². The molecular formula is C19H23FN6O. The van der Waals surface area contributed by atoms with E-state index in [0.717, 1.165) is 37.3 Å². The predicted octanol–water partition coefficient (Wildman–Crippen LogP) is 1.90. The molecule has 3 aromatic rings. The van der Waals surface area contributed by atoms with E-state index in [0.29, 0.717) is 18.8 Å². The van der Waals surface area contributed by atoms with E-state index in [1.54, 1.807) is 35.2 Å². The monoisotopic (exact) mass is 370 g/mol. The molecule has 142 valence electrons. The van der Waals surface area contributed by atoms with Crippen LogP contribution in [-0.4, -0.2) is 37.2 Å². The number of nitrogens with one attached hydrogen (secondary N) is 1. The molecule has 27 heavy (non-hydrogen) atoms. The summed E-state index contributed by atoms with van der Waals surface area (Å²) in [5.74, 6) is 0.761. The SMILES string of the molecule is CCn1c([C@H]2CCCNC2)nn(Cc2cnn(-c3ccccc3F)c2)c1=O. The van der Waals surface area contributed by atoms with Gasteiger partial charge in [0.25, 0.3) is 0 Å². The number of halogens is 1. The number of benzene rings is 1. The van der Waals surface area contributed by atoms with Crippen molar-refractivity contribution in [3.05, 3.63) is 64.3 Å². The number of rotatable bonds is 5. The minimum atomic E-state index is -0.341. The number of para-hydroxylation sites is 1. The van der Waals surface area contributed by atoms with Crippen molar-refractivity contribution >= 4 is 0 Å². The van der Waals surface area contributed by atoms with Gasteiger partial charge in [0.1, 0.15) is 17.3 Å². The third-order valence-corrected chi connectivity index (χ3v) is 5.00. The maximum Gasteiger partial charge on any atom is 0.346 e. The van der Waals surface area contributed by atoms with Gasteiger partial charge in [-0.2, -0.15) is 10.2 Å². The Balaban J connectivity index is 1.61. The first-order chi connectivity index (χ1) is 13.2. The largest absolute Gasteiger partial charge is 0.346 e. The summed E-state index contributed by atoms with van der Waals surface area (Å²) in [6.07, 6.45) is 5.50. The number of aromatic nitrogens is 5. The molecule has 0 spiro atoms. The number of hydrogen-bond acceptors (Lipinski definition) is 4. The Hall–Kier alpha value is -2.74. The van der Waals surface area contributed by atoms with Gasteiger partial charge in [-0.05, 0) is 38.4 Å². The van der Waals surface area contributed by atoms with Crippen LogP contribution in [0.25, 0.3) is 5.69 Å². The summed E-state index contributed by atoms with van der Waals surface area (Å²) in [5, 5.41) is 12.2. The molecule has 3 heterocycles. The molecule has 1 fully saturated rings. The Labute approximate surface area is 156 Å². The van der Waals surface area contributed by atoms with Crippen LogP contribution in [0.1, 0.15) is 37.1 Å². The second-order valence-corrected chi connectivity index (χ2v) is 6.83. The lowest BCUT2D eigenvalue weighted by molar-refractivity contribution is 0.431. The van der Waals surface area contributed by atoms with Crippen LogP contribution in [0.5, 0.6) is 0 Å². The van der Waals surface area contributed by atoms with Crippen molar-refractivity contribution in [2.45, 2.75) is 38.8 Å². The fraction of sp³-hybridized carbons (Fsp3) is 0.421. The van der Waals surface area contributed by atoms with Crippen LogP contribution in [-0.2, 0) is 13.1 Å². The summed E-state index contributed by atoms with van der Waals surface area (Å²) in [6.45, 7) is 4.74. The second kappa shape index (κ2) is 7.48. The van der Waals surface area contributed by atoms with Crippen LogP contribution in [0.2, 0.25) is 0 Å². The van der Waals surface area contributed by atoms with E-state index in [2.05, 4.69) is 15.5 Å². The van der Waals surface area contributed by atoms with Crippen molar-refractivity contribution in [1.29, 1.82) is 0 Å². The van der Waals surface area contributed by atoms with Crippen LogP contribution in [0, 0.1) is 5.82 Å². The van der Waals surface area contributed by atoms with Crippen molar-refractivity contribution in [2.24, 2.45) is 0 Å². The van der Waals surface area contributed by atoms with Crippen LogP contribution < -0.4 is 11.0 Å². The molecule has 1 saturated heterocycles. The fourth-order valence-electron chi connectivity index (χ4n) is 3.62. The van der Waals surface area contributed by atoms with Crippen molar-refractivity contribution < 1.29 is 4.39 Å². The van der Waals surface area contributed by atoms with Gasteiger partial charge in [-0.3, -0.25) is 4.57 Å². The Morgan fingerprint density at radius 3 is 2.93 bits per heavy atom. The molecule has 4 rings (SSSR count). The summed E-state index contributed by atoms with van der Waals surface area (Å²) in [4.78, 5) is 12.8. The number of nitrogens with zero attached hydrogens (tertiary/aromatic N) is 5. The molecule has 1 atom stereocenters. The average molecular weight is 370 g/mol. The third kappa shape index (κ3) is 3.44. The smallest absolute Gasteiger partial charge is 0.316 e. The molecule has 0 radical (unpaired) electrons. The normalized spacial score (nSPS) is 17.3. The summed E-state index contributed by atoms with van der Waals surface area (Å²) in [5.41, 5.74) is 1.07. The van der Waals surface area contributed by atoms with Crippen LogP contribution in [0.3, 0.4) is 0 Å². The summed E-state index contributed by atoms with van der Waals surface area (Å²) >= 11 is 0. The first-order valence-corrected chi connectivity index (χ1v) is 9.34. The minimum absolute atomic E-state index is 0.114. The van der Waals surface area contributed by atoms with Crippen LogP contribution in [0.15, 0.2) is 41.5 Å². The highest BCUT2D eigenvalue weighted by Crippen LogP contribution is 2.21. The Morgan fingerprint density at radius 1 is 1.33 bits per heavy atom. The molecule has 0 saturated carbocycles. The summed E-state index contributed by atoms with van der Waals surface area (Å²) in [6, 6.07) is 6.46. The van der Waals surface area contributed by atoms with Crippen molar-refractivity contribution in [2.75, 3.05) is 13.1 Å². The minimum Gasteiger partial charge on any atom is -0.316 e. The molecule has 0 aliphatic carbocycles. The fourth-order valence-corrected chi connectivity index (χ4v) is 3.62. The Kier molecular flexibility index (Phi) is 4.89. The molecule has 0 amide bonds. The van der Waals surface area contributed by atoms with E-state index in [4.69, 9.17) is 0 Å². The number of hydrogen-bond donors (Lipinski definition) is 1. The van der Waals surface area contributed by atoms with Gasteiger partial charge in [-0.15, -0.1) is 0 Å². The van der Waals surface area contributed by atoms with Crippen molar-refractivity contribution in [3.63, 3.8) is 0 Å². The van der Waals surface area contributed by atoms with Gasteiger partial charge in [0, 0.05) is 30.8 Å². The quantitative estimate of drug-likeness (QED) is 0.745. The zero-order chi connectivity index (χ0) is 18.8. The van der Waals surface area contributed by atoms with Gasteiger partial charge >= 0.3 is 5.69 Å². The second-order valence-electron chi connectivity index (χ2n) is 6.83. The van der Waals surface area contributed by atoms with E-state index in [-0.39, 0.29) is 17.4 Å². The first kappa shape index (κ1) is 17.7. The van der Waals surface area contributed by atoms with E-state index < -0.39 is 0 Å². The van der Waals surface area contributed by atoms with Gasteiger partial charge in [-0.1, -0.05) is 12.1 Å². The van der Waals surface area contributed by atoms with Gasteiger partial charge in [0.05, 0.1) is 12.7 Å². The summed E-state index contributed by atoms with van der Waals surface area (Å²) in [7, 11) is 0. The molecule has 8 heteroatoms. The highest BCUT2D eigenvalue weighted by atomic mass is 19.1. The van der Waals surface area contributed by atoms with Crippen molar-refractivity contribution in [3.8, 4) is 5.69 Å².